The third-order valence-corrected chi connectivity index (χ3v) is 5.24. The maximum absolute atomic E-state index is 12.6. The van der Waals surface area contributed by atoms with Crippen molar-refractivity contribution in [3.63, 3.8) is 0 Å². The molecule has 4 rings (SSSR count). The van der Waals surface area contributed by atoms with Crippen molar-refractivity contribution >= 4 is 16.9 Å². The summed E-state index contributed by atoms with van der Waals surface area (Å²) in [5.74, 6) is 1.02. The summed E-state index contributed by atoms with van der Waals surface area (Å²) in [5.41, 5.74) is 2.96. The number of quaternary nitrogens is 1. The van der Waals surface area contributed by atoms with Crippen LogP contribution >= 0.6 is 0 Å². The van der Waals surface area contributed by atoms with Gasteiger partial charge in [-0.15, -0.1) is 10.2 Å². The van der Waals surface area contributed by atoms with Crippen molar-refractivity contribution in [1.29, 1.82) is 0 Å². The van der Waals surface area contributed by atoms with E-state index in [1.54, 1.807) is 18.4 Å². The number of nitrogens with zero attached hydrogens (tertiary/aromatic N) is 3. The second kappa shape index (κ2) is 9.09. The SMILES string of the molecule is CCC[NH+](Cc1nnc(-c2ccco2)o1)Cc1nc2ccccc2c(C)c1C(=O)OC. The summed E-state index contributed by atoms with van der Waals surface area (Å²) in [6.45, 7) is 5.94. The molecule has 1 atom stereocenters. The van der Waals surface area contributed by atoms with Crippen LogP contribution in [0.5, 0.6) is 0 Å². The number of fused-ring (bicyclic) bond motifs is 1. The van der Waals surface area contributed by atoms with Crippen molar-refractivity contribution < 1.29 is 23.3 Å². The third kappa shape index (κ3) is 4.34. The van der Waals surface area contributed by atoms with Gasteiger partial charge in [0, 0.05) is 5.39 Å². The van der Waals surface area contributed by atoms with Gasteiger partial charge in [0.25, 0.3) is 11.8 Å². The third-order valence-electron chi connectivity index (χ3n) is 5.24. The second-order valence-electron chi connectivity index (χ2n) is 7.40. The molecule has 0 saturated carbocycles. The van der Waals surface area contributed by atoms with Gasteiger partial charge in [-0.1, -0.05) is 25.1 Å². The highest BCUT2D eigenvalue weighted by Gasteiger charge is 2.24. The fourth-order valence-corrected chi connectivity index (χ4v) is 3.81. The van der Waals surface area contributed by atoms with Crippen molar-refractivity contribution in [3.8, 4) is 11.7 Å². The highest BCUT2D eigenvalue weighted by Crippen LogP contribution is 2.23. The van der Waals surface area contributed by atoms with Crippen LogP contribution in [0.15, 0.2) is 51.5 Å². The number of rotatable bonds is 8. The number of nitrogens with one attached hydrogen (secondary N) is 1. The molecule has 160 valence electrons. The Morgan fingerprint density at radius 1 is 1.13 bits per heavy atom. The lowest BCUT2D eigenvalue weighted by Crippen LogP contribution is -3.09. The zero-order chi connectivity index (χ0) is 21.8. The van der Waals surface area contributed by atoms with Crippen LogP contribution in [0, 0.1) is 6.92 Å². The predicted molar refractivity (Wildman–Crippen MR) is 113 cm³/mol. The zero-order valence-corrected chi connectivity index (χ0v) is 17.8. The first-order chi connectivity index (χ1) is 15.1. The normalized spacial score (nSPS) is 12.2. The van der Waals surface area contributed by atoms with E-state index in [1.807, 2.05) is 31.2 Å². The van der Waals surface area contributed by atoms with Gasteiger partial charge < -0.3 is 18.5 Å². The highest BCUT2D eigenvalue weighted by molar-refractivity contribution is 5.98. The molecule has 8 nitrogen and oxygen atoms in total. The lowest BCUT2D eigenvalue weighted by molar-refractivity contribution is -0.929. The van der Waals surface area contributed by atoms with Crippen molar-refractivity contribution in [1.82, 2.24) is 15.2 Å². The molecule has 4 aromatic rings. The Morgan fingerprint density at radius 2 is 1.97 bits per heavy atom. The number of hydrogen-bond acceptors (Lipinski definition) is 7. The molecule has 0 amide bonds. The van der Waals surface area contributed by atoms with E-state index in [0.29, 0.717) is 41.9 Å². The van der Waals surface area contributed by atoms with E-state index >= 15 is 0 Å². The number of carbonyl (C=O) groups excluding carboxylic acids is 1. The number of benzene rings is 1. The van der Waals surface area contributed by atoms with Crippen LogP contribution in [0.2, 0.25) is 0 Å². The molecule has 3 aromatic heterocycles. The van der Waals surface area contributed by atoms with E-state index < -0.39 is 0 Å². The largest absolute Gasteiger partial charge is 0.465 e. The summed E-state index contributed by atoms with van der Waals surface area (Å²) in [6.07, 6.45) is 2.52. The smallest absolute Gasteiger partial charge is 0.340 e. The van der Waals surface area contributed by atoms with Crippen LogP contribution in [0.1, 0.15) is 40.9 Å². The molecular weight excluding hydrogens is 396 g/mol. The Kier molecular flexibility index (Phi) is 6.08. The minimum Gasteiger partial charge on any atom is -0.465 e. The Labute approximate surface area is 179 Å². The fourth-order valence-electron chi connectivity index (χ4n) is 3.81. The Balaban J connectivity index is 1.65. The molecule has 3 heterocycles. The van der Waals surface area contributed by atoms with E-state index in [0.717, 1.165) is 34.3 Å². The first kappa shape index (κ1) is 20.7. The number of furan rings is 1. The number of carbonyl (C=O) groups is 1. The Hall–Kier alpha value is -3.52. The van der Waals surface area contributed by atoms with Crippen LogP contribution in [0.3, 0.4) is 0 Å². The predicted octanol–water partition coefficient (Wildman–Crippen LogP) is 2.97. The number of para-hydroxylation sites is 1. The van der Waals surface area contributed by atoms with Crippen molar-refractivity contribution in [2.75, 3.05) is 13.7 Å². The lowest BCUT2D eigenvalue weighted by atomic mass is 10.0. The van der Waals surface area contributed by atoms with E-state index in [-0.39, 0.29) is 5.97 Å². The van der Waals surface area contributed by atoms with Crippen molar-refractivity contribution in [2.45, 2.75) is 33.4 Å². The molecule has 0 aliphatic carbocycles. The minimum atomic E-state index is -0.375. The average Bonchev–Trinajstić information content (AvgIpc) is 3.46. The topological polar surface area (TPSA) is 95.7 Å². The Bertz CT molecular complexity index is 1180. The van der Waals surface area contributed by atoms with E-state index in [2.05, 4.69) is 17.1 Å². The van der Waals surface area contributed by atoms with E-state index in [9.17, 15) is 4.79 Å². The van der Waals surface area contributed by atoms with Crippen LogP contribution in [-0.2, 0) is 17.8 Å². The molecule has 0 spiro atoms. The first-order valence-electron chi connectivity index (χ1n) is 10.3. The molecule has 0 fully saturated rings. The summed E-state index contributed by atoms with van der Waals surface area (Å²) in [7, 11) is 1.39. The molecule has 0 aliphatic heterocycles. The number of methoxy groups -OCH3 is 1. The molecule has 0 bridgehead atoms. The molecule has 0 saturated heterocycles. The monoisotopic (exact) mass is 421 g/mol. The van der Waals surface area contributed by atoms with Crippen LogP contribution in [-0.4, -0.2) is 34.8 Å². The summed E-state index contributed by atoms with van der Waals surface area (Å²) in [5, 5.41) is 9.19. The minimum absolute atomic E-state index is 0.353. The lowest BCUT2D eigenvalue weighted by Gasteiger charge is -2.19. The van der Waals surface area contributed by atoms with Crippen molar-refractivity contribution in [3.05, 3.63) is 65.4 Å². The van der Waals surface area contributed by atoms with E-state index in [4.69, 9.17) is 18.6 Å². The van der Waals surface area contributed by atoms with Gasteiger partial charge in [-0.3, -0.25) is 0 Å². The van der Waals surface area contributed by atoms with E-state index in [1.165, 1.54) is 7.11 Å². The van der Waals surface area contributed by atoms with Gasteiger partial charge in [0.15, 0.2) is 12.3 Å². The van der Waals surface area contributed by atoms with Crippen LogP contribution < -0.4 is 4.90 Å². The quantitative estimate of drug-likeness (QED) is 0.437. The maximum Gasteiger partial charge on any atom is 0.340 e. The molecule has 1 unspecified atom stereocenters. The molecular formula is C23H25N4O4+. The average molecular weight is 421 g/mol. The summed E-state index contributed by atoms with van der Waals surface area (Å²) < 4.78 is 16.2. The molecule has 1 N–H and O–H groups in total. The second-order valence-corrected chi connectivity index (χ2v) is 7.40. The van der Waals surface area contributed by atoms with Crippen LogP contribution in [0.4, 0.5) is 0 Å². The number of esters is 1. The number of pyridine rings is 1. The highest BCUT2D eigenvalue weighted by atomic mass is 16.5. The van der Waals surface area contributed by atoms with Crippen LogP contribution in [0.25, 0.3) is 22.6 Å². The fraction of sp³-hybridized carbons (Fsp3) is 0.304. The van der Waals surface area contributed by atoms with Gasteiger partial charge in [0.05, 0.1) is 31.0 Å². The standard InChI is InChI=1S/C23H24N4O4/c1-4-11-27(14-20-25-26-22(31-20)19-10-7-12-30-19)13-18-21(23(28)29-3)15(2)16-8-5-6-9-17(16)24-18/h5-10,12H,4,11,13-14H2,1-3H3/p+1. The Morgan fingerprint density at radius 3 is 2.71 bits per heavy atom. The van der Waals surface area contributed by atoms with Gasteiger partial charge in [-0.05, 0) is 37.1 Å². The molecule has 0 aliphatic rings. The molecule has 31 heavy (non-hydrogen) atoms. The summed E-state index contributed by atoms with van der Waals surface area (Å²) in [6, 6.07) is 11.4. The van der Waals surface area contributed by atoms with Gasteiger partial charge in [0.1, 0.15) is 12.2 Å². The van der Waals surface area contributed by atoms with Gasteiger partial charge in [0.2, 0.25) is 0 Å². The first-order valence-corrected chi connectivity index (χ1v) is 10.3. The summed E-state index contributed by atoms with van der Waals surface area (Å²) >= 11 is 0. The number of aryl methyl sites for hydroxylation is 1. The molecule has 1 aromatic carbocycles. The van der Waals surface area contributed by atoms with Crippen molar-refractivity contribution in [2.24, 2.45) is 0 Å². The number of ether oxygens (including phenoxy) is 1. The zero-order valence-electron chi connectivity index (χ0n) is 17.8. The number of hydrogen-bond donors (Lipinski definition) is 1. The molecule has 0 radical (unpaired) electrons. The molecule has 8 heteroatoms. The summed E-state index contributed by atoms with van der Waals surface area (Å²) in [4.78, 5) is 18.6. The number of aromatic nitrogens is 3. The maximum atomic E-state index is 12.6. The van der Waals surface area contributed by atoms with Gasteiger partial charge in [-0.2, -0.15) is 0 Å². The van der Waals surface area contributed by atoms with Gasteiger partial charge in [-0.25, -0.2) is 9.78 Å². The van der Waals surface area contributed by atoms with Gasteiger partial charge >= 0.3 is 5.97 Å².